The first-order valence-electron chi connectivity index (χ1n) is 8.23. The minimum atomic E-state index is -0.543. The molecule has 29 heavy (non-hydrogen) atoms. The highest BCUT2D eigenvalue weighted by atomic mass is 35.5. The Hall–Kier alpha value is -3.60. The predicted molar refractivity (Wildman–Crippen MR) is 106 cm³/mol. The molecule has 0 saturated heterocycles. The molecule has 0 aliphatic heterocycles. The van der Waals surface area contributed by atoms with Crippen LogP contribution in [-0.4, -0.2) is 43.0 Å². The van der Waals surface area contributed by atoms with E-state index in [9.17, 15) is 19.5 Å². The van der Waals surface area contributed by atoms with Crippen molar-refractivity contribution in [1.29, 1.82) is 0 Å². The van der Waals surface area contributed by atoms with Gasteiger partial charge in [0.15, 0.2) is 17.0 Å². The largest absolute Gasteiger partial charge is 0.503 e. The molecule has 0 aliphatic carbocycles. The van der Waals surface area contributed by atoms with Crippen LogP contribution in [0.2, 0.25) is 5.02 Å². The van der Waals surface area contributed by atoms with Crippen LogP contribution in [0.15, 0.2) is 33.2 Å². The molecule has 0 atom stereocenters. The van der Waals surface area contributed by atoms with Gasteiger partial charge in [-0.15, -0.1) is 0 Å². The average molecular weight is 421 g/mol. The number of halogens is 1. The van der Waals surface area contributed by atoms with E-state index in [0.29, 0.717) is 5.56 Å². The van der Waals surface area contributed by atoms with Crippen molar-refractivity contribution >= 4 is 34.9 Å². The number of imidazole rings is 1. The number of hydrogen-bond acceptors (Lipinski definition) is 7. The molecule has 0 aliphatic rings. The van der Waals surface area contributed by atoms with E-state index in [1.807, 2.05) is 0 Å². The summed E-state index contributed by atoms with van der Waals surface area (Å²) in [7, 11) is 4.22. The van der Waals surface area contributed by atoms with Crippen LogP contribution < -0.4 is 21.4 Å². The lowest BCUT2D eigenvalue weighted by molar-refractivity contribution is -0.121. The SMILES string of the molecule is COc1cc(C=NNC(=O)Cn2cnc3c(=O)n(C)c(=O)n(C)c32)cc(Cl)c1O. The number of carbonyl (C=O) groups excluding carboxylic acids is 1. The van der Waals surface area contributed by atoms with Gasteiger partial charge >= 0.3 is 5.69 Å². The third-order valence-electron chi connectivity index (χ3n) is 4.20. The van der Waals surface area contributed by atoms with Crippen LogP contribution in [0.25, 0.3) is 11.2 Å². The van der Waals surface area contributed by atoms with E-state index in [-0.39, 0.29) is 34.2 Å². The fourth-order valence-electron chi connectivity index (χ4n) is 2.75. The van der Waals surface area contributed by atoms with Crippen LogP contribution in [0.1, 0.15) is 5.56 Å². The quantitative estimate of drug-likeness (QED) is 0.439. The number of nitrogens with zero attached hydrogens (tertiary/aromatic N) is 5. The molecule has 1 amide bonds. The smallest absolute Gasteiger partial charge is 0.332 e. The van der Waals surface area contributed by atoms with Gasteiger partial charge in [0.05, 0.1) is 24.7 Å². The fourth-order valence-corrected chi connectivity index (χ4v) is 2.97. The number of nitrogens with one attached hydrogen (secondary N) is 1. The van der Waals surface area contributed by atoms with Crippen molar-refractivity contribution in [3.8, 4) is 11.5 Å². The van der Waals surface area contributed by atoms with Gasteiger partial charge in [0.25, 0.3) is 11.5 Å². The standard InChI is InChI=1S/C17H17ClN6O5/c1-22-15-13(16(27)23(2)17(22)28)19-8-24(15)7-12(25)21-20-6-9-4-10(18)14(26)11(5-9)29-3/h4-6,8,26H,7H2,1-3H3,(H,21,25). The van der Waals surface area contributed by atoms with Gasteiger partial charge in [-0.25, -0.2) is 15.2 Å². The molecule has 0 unspecified atom stereocenters. The number of aromatic nitrogens is 4. The molecule has 3 rings (SSSR count). The predicted octanol–water partition coefficient (Wildman–Crippen LogP) is -0.0484. The van der Waals surface area contributed by atoms with Gasteiger partial charge in [0.1, 0.15) is 12.2 Å². The maximum absolute atomic E-state index is 12.2. The highest BCUT2D eigenvalue weighted by Crippen LogP contribution is 2.34. The van der Waals surface area contributed by atoms with Crippen LogP contribution in [0.4, 0.5) is 0 Å². The first-order chi connectivity index (χ1) is 13.7. The van der Waals surface area contributed by atoms with Crippen molar-refractivity contribution in [2.24, 2.45) is 19.2 Å². The molecule has 2 aromatic heterocycles. The number of rotatable bonds is 5. The lowest BCUT2D eigenvalue weighted by atomic mass is 10.2. The van der Waals surface area contributed by atoms with E-state index in [1.54, 1.807) is 0 Å². The van der Waals surface area contributed by atoms with Gasteiger partial charge in [-0.05, 0) is 17.7 Å². The number of benzene rings is 1. The number of aromatic hydroxyl groups is 1. The Labute approximate surface area is 168 Å². The Morgan fingerprint density at radius 2 is 2.07 bits per heavy atom. The number of methoxy groups -OCH3 is 1. The van der Waals surface area contributed by atoms with Crippen molar-refractivity contribution < 1.29 is 14.6 Å². The molecule has 0 spiro atoms. The Morgan fingerprint density at radius 3 is 2.76 bits per heavy atom. The second-order valence-electron chi connectivity index (χ2n) is 6.10. The molecule has 12 heteroatoms. The molecule has 0 radical (unpaired) electrons. The lowest BCUT2D eigenvalue weighted by Gasteiger charge is -2.08. The van der Waals surface area contributed by atoms with Crippen LogP contribution in [0.5, 0.6) is 11.5 Å². The molecule has 3 aromatic rings. The average Bonchev–Trinajstić information content (AvgIpc) is 3.10. The van der Waals surface area contributed by atoms with E-state index in [0.717, 1.165) is 4.57 Å². The van der Waals surface area contributed by atoms with Gasteiger partial charge < -0.3 is 14.4 Å². The van der Waals surface area contributed by atoms with Crippen molar-refractivity contribution in [3.63, 3.8) is 0 Å². The molecule has 0 saturated carbocycles. The summed E-state index contributed by atoms with van der Waals surface area (Å²) in [5.74, 6) is -0.540. The molecule has 0 fully saturated rings. The zero-order valence-electron chi connectivity index (χ0n) is 15.7. The lowest BCUT2D eigenvalue weighted by Crippen LogP contribution is -2.37. The van der Waals surface area contributed by atoms with Crippen molar-refractivity contribution in [2.75, 3.05) is 7.11 Å². The molecular formula is C17H17ClN6O5. The first-order valence-corrected chi connectivity index (χ1v) is 8.61. The van der Waals surface area contributed by atoms with Gasteiger partial charge in [-0.2, -0.15) is 5.10 Å². The molecule has 1 aromatic carbocycles. The summed E-state index contributed by atoms with van der Waals surface area (Å²) in [6.45, 7) is -0.214. The zero-order valence-corrected chi connectivity index (χ0v) is 16.5. The number of hydrazone groups is 1. The molecule has 152 valence electrons. The summed E-state index contributed by atoms with van der Waals surface area (Å²) in [6, 6.07) is 2.94. The second-order valence-corrected chi connectivity index (χ2v) is 6.50. The number of aryl methyl sites for hydroxylation is 1. The number of hydrogen-bond donors (Lipinski definition) is 2. The third kappa shape index (κ3) is 3.72. The van der Waals surface area contributed by atoms with Crippen LogP contribution in [-0.2, 0) is 25.4 Å². The van der Waals surface area contributed by atoms with E-state index in [2.05, 4.69) is 15.5 Å². The van der Waals surface area contributed by atoms with Gasteiger partial charge in [-0.1, -0.05) is 11.6 Å². The minimum Gasteiger partial charge on any atom is -0.503 e. The highest BCUT2D eigenvalue weighted by molar-refractivity contribution is 6.32. The van der Waals surface area contributed by atoms with Crippen LogP contribution in [0.3, 0.4) is 0 Å². The molecule has 2 N–H and O–H groups in total. The van der Waals surface area contributed by atoms with E-state index < -0.39 is 17.2 Å². The summed E-state index contributed by atoms with van der Waals surface area (Å²) >= 11 is 5.90. The summed E-state index contributed by atoms with van der Waals surface area (Å²) in [5, 5.41) is 13.6. The van der Waals surface area contributed by atoms with Crippen molar-refractivity contribution in [1.82, 2.24) is 24.1 Å². The van der Waals surface area contributed by atoms with Crippen molar-refractivity contribution in [3.05, 3.63) is 49.9 Å². The second kappa shape index (κ2) is 7.80. The van der Waals surface area contributed by atoms with Gasteiger partial charge in [0, 0.05) is 14.1 Å². The van der Waals surface area contributed by atoms with Crippen molar-refractivity contribution in [2.45, 2.75) is 6.54 Å². The topological polar surface area (TPSA) is 133 Å². The normalized spacial score (nSPS) is 11.3. The number of fused-ring (bicyclic) bond motifs is 1. The van der Waals surface area contributed by atoms with E-state index >= 15 is 0 Å². The monoisotopic (exact) mass is 420 g/mol. The number of carbonyl (C=O) groups is 1. The number of phenols is 1. The molecule has 11 nitrogen and oxygen atoms in total. The first kappa shape index (κ1) is 20.1. The van der Waals surface area contributed by atoms with Gasteiger partial charge in [-0.3, -0.25) is 18.7 Å². The maximum atomic E-state index is 12.2. The highest BCUT2D eigenvalue weighted by Gasteiger charge is 2.15. The number of phenolic OH excluding ortho intramolecular Hbond substituents is 1. The number of ether oxygens (including phenoxy) is 1. The summed E-state index contributed by atoms with van der Waals surface area (Å²) in [6.07, 6.45) is 2.63. The molecule has 2 heterocycles. The Kier molecular flexibility index (Phi) is 5.41. The van der Waals surface area contributed by atoms with Crippen LogP contribution in [0, 0.1) is 0 Å². The summed E-state index contributed by atoms with van der Waals surface area (Å²) < 4.78 is 8.56. The Bertz CT molecular complexity index is 1260. The van der Waals surface area contributed by atoms with Gasteiger partial charge in [0.2, 0.25) is 0 Å². The maximum Gasteiger partial charge on any atom is 0.332 e. The third-order valence-corrected chi connectivity index (χ3v) is 4.48. The Morgan fingerprint density at radius 1 is 1.34 bits per heavy atom. The molecule has 0 bridgehead atoms. The van der Waals surface area contributed by atoms with E-state index in [4.69, 9.17) is 16.3 Å². The zero-order chi connectivity index (χ0) is 21.3. The van der Waals surface area contributed by atoms with Crippen LogP contribution >= 0.6 is 11.6 Å². The van der Waals surface area contributed by atoms with E-state index in [1.165, 1.54) is 55.0 Å². The Balaban J connectivity index is 1.79. The fraction of sp³-hybridized carbons (Fsp3) is 0.235. The molecular weight excluding hydrogens is 404 g/mol. The minimum absolute atomic E-state index is 0.0736. The number of amides is 1. The summed E-state index contributed by atoms with van der Waals surface area (Å²) in [4.78, 5) is 40.4. The summed E-state index contributed by atoms with van der Waals surface area (Å²) in [5.41, 5.74) is 2.06.